The van der Waals surface area contributed by atoms with E-state index in [2.05, 4.69) is 38.1 Å². The third kappa shape index (κ3) is 2.98. The summed E-state index contributed by atoms with van der Waals surface area (Å²) in [5, 5.41) is 8.31. The van der Waals surface area contributed by atoms with Crippen molar-refractivity contribution in [2.75, 3.05) is 24.7 Å². The molecule has 1 aromatic rings. The van der Waals surface area contributed by atoms with E-state index in [9.17, 15) is 4.79 Å². The Labute approximate surface area is 148 Å². The molecule has 0 bridgehead atoms. The smallest absolute Gasteiger partial charge is 0.269 e. The van der Waals surface area contributed by atoms with Gasteiger partial charge >= 0.3 is 0 Å². The molecule has 7 heteroatoms. The monoisotopic (exact) mass is 342 g/mol. The van der Waals surface area contributed by atoms with Crippen LogP contribution >= 0.6 is 0 Å². The highest BCUT2D eigenvalue weighted by Crippen LogP contribution is 2.29. The largest absolute Gasteiger partial charge is 0.357 e. The molecule has 2 fully saturated rings. The number of carbonyl (C=O) groups is 1. The first-order valence-corrected chi connectivity index (χ1v) is 9.17. The number of hydrogen-bond acceptors (Lipinski definition) is 6. The number of piperidine rings is 1. The number of fused-ring (bicyclic) bond motifs is 1. The number of anilines is 1. The number of carbonyl (C=O) groups excluding carboxylic acids is 1. The molecule has 4 heterocycles. The highest BCUT2D eigenvalue weighted by molar-refractivity contribution is 6.02. The van der Waals surface area contributed by atoms with Crippen LogP contribution in [0, 0.1) is 5.92 Å². The van der Waals surface area contributed by atoms with Gasteiger partial charge in [-0.1, -0.05) is 13.8 Å². The van der Waals surface area contributed by atoms with E-state index in [0.29, 0.717) is 6.67 Å². The van der Waals surface area contributed by atoms with Crippen molar-refractivity contribution in [2.45, 2.75) is 39.4 Å². The second kappa shape index (κ2) is 6.65. The van der Waals surface area contributed by atoms with E-state index in [1.54, 1.807) is 5.01 Å². The summed E-state index contributed by atoms with van der Waals surface area (Å²) in [4.78, 5) is 19.9. The Kier molecular flexibility index (Phi) is 4.35. The molecular formula is C18H26N6O. The highest BCUT2D eigenvalue weighted by atomic mass is 16.2. The molecule has 0 aliphatic carbocycles. The SMILES string of the molecule is CC(C)C1=C(c2ccc(N3CCCCC3)nc2)NC2NCNN2C1=O. The molecule has 1 atom stereocenters. The van der Waals surface area contributed by atoms with Crippen LogP contribution in [0.2, 0.25) is 0 Å². The molecule has 134 valence electrons. The van der Waals surface area contributed by atoms with Gasteiger partial charge in [-0.25, -0.2) is 15.4 Å². The lowest BCUT2D eigenvalue weighted by Crippen LogP contribution is -2.56. The zero-order valence-electron chi connectivity index (χ0n) is 14.9. The Morgan fingerprint density at radius 2 is 2.00 bits per heavy atom. The second-order valence-corrected chi connectivity index (χ2v) is 7.16. The van der Waals surface area contributed by atoms with E-state index >= 15 is 0 Å². The van der Waals surface area contributed by atoms with Crippen LogP contribution in [0.5, 0.6) is 0 Å². The molecule has 7 nitrogen and oxygen atoms in total. The van der Waals surface area contributed by atoms with Gasteiger partial charge in [0.1, 0.15) is 5.82 Å². The standard InChI is InChI=1S/C18H26N6O/c1-12(2)15-16(22-18-20-11-21-24(18)17(15)25)13-6-7-14(19-10-13)23-8-4-3-5-9-23/h6-7,10,12,18,20-22H,3-5,8-9,11H2,1-2H3. The lowest BCUT2D eigenvalue weighted by molar-refractivity contribution is -0.132. The predicted molar refractivity (Wildman–Crippen MR) is 97.0 cm³/mol. The van der Waals surface area contributed by atoms with Crippen molar-refractivity contribution in [1.29, 1.82) is 0 Å². The van der Waals surface area contributed by atoms with Crippen LogP contribution in [0.15, 0.2) is 23.9 Å². The van der Waals surface area contributed by atoms with Crippen molar-refractivity contribution in [1.82, 2.24) is 26.1 Å². The summed E-state index contributed by atoms with van der Waals surface area (Å²) in [7, 11) is 0. The van der Waals surface area contributed by atoms with E-state index in [1.165, 1.54) is 19.3 Å². The van der Waals surface area contributed by atoms with Gasteiger partial charge in [-0.05, 0) is 37.3 Å². The summed E-state index contributed by atoms with van der Waals surface area (Å²) < 4.78 is 0. The van der Waals surface area contributed by atoms with Gasteiger partial charge < -0.3 is 10.2 Å². The van der Waals surface area contributed by atoms with Gasteiger partial charge in [0.05, 0.1) is 12.4 Å². The molecule has 0 aromatic carbocycles. The minimum atomic E-state index is -0.216. The van der Waals surface area contributed by atoms with Crippen molar-refractivity contribution < 1.29 is 4.79 Å². The fraction of sp³-hybridized carbons (Fsp3) is 0.556. The maximum atomic E-state index is 12.8. The summed E-state index contributed by atoms with van der Waals surface area (Å²) in [6, 6.07) is 4.15. The number of nitrogens with one attached hydrogen (secondary N) is 3. The Morgan fingerprint density at radius 3 is 2.68 bits per heavy atom. The molecule has 25 heavy (non-hydrogen) atoms. The van der Waals surface area contributed by atoms with Crippen molar-refractivity contribution in [3.8, 4) is 0 Å². The van der Waals surface area contributed by atoms with E-state index < -0.39 is 0 Å². The maximum Gasteiger partial charge on any atom is 0.269 e. The van der Waals surface area contributed by atoms with Crippen molar-refractivity contribution in [2.24, 2.45) is 5.92 Å². The predicted octanol–water partition coefficient (Wildman–Crippen LogP) is 1.22. The zero-order chi connectivity index (χ0) is 17.4. The number of hydrogen-bond donors (Lipinski definition) is 3. The number of hydrazine groups is 1. The van der Waals surface area contributed by atoms with Crippen LogP contribution in [-0.4, -0.2) is 41.9 Å². The molecule has 3 aliphatic heterocycles. The third-order valence-corrected chi connectivity index (χ3v) is 5.10. The van der Waals surface area contributed by atoms with Gasteiger partial charge in [0, 0.05) is 30.4 Å². The zero-order valence-corrected chi connectivity index (χ0v) is 14.9. The van der Waals surface area contributed by atoms with Crippen LogP contribution < -0.4 is 21.0 Å². The van der Waals surface area contributed by atoms with Crippen LogP contribution in [0.1, 0.15) is 38.7 Å². The summed E-state index contributed by atoms with van der Waals surface area (Å²) in [6.45, 7) is 6.84. The summed E-state index contributed by atoms with van der Waals surface area (Å²) in [5.74, 6) is 1.18. The van der Waals surface area contributed by atoms with Crippen molar-refractivity contribution in [3.63, 3.8) is 0 Å². The quantitative estimate of drug-likeness (QED) is 0.767. The summed E-state index contributed by atoms with van der Waals surface area (Å²) >= 11 is 0. The maximum absolute atomic E-state index is 12.8. The molecule has 0 radical (unpaired) electrons. The van der Waals surface area contributed by atoms with E-state index in [-0.39, 0.29) is 18.1 Å². The molecular weight excluding hydrogens is 316 g/mol. The number of amides is 1. The first kappa shape index (κ1) is 16.4. The molecule has 0 saturated carbocycles. The topological polar surface area (TPSA) is 72.5 Å². The Bertz CT molecular complexity index is 677. The molecule has 1 unspecified atom stereocenters. The molecule has 0 spiro atoms. The van der Waals surface area contributed by atoms with Crippen LogP contribution in [0.25, 0.3) is 5.70 Å². The highest BCUT2D eigenvalue weighted by Gasteiger charge is 2.38. The molecule has 3 N–H and O–H groups in total. The number of aromatic nitrogens is 1. The van der Waals surface area contributed by atoms with Gasteiger partial charge in [0.15, 0.2) is 6.29 Å². The second-order valence-electron chi connectivity index (χ2n) is 7.16. The molecule has 1 aromatic heterocycles. The number of rotatable bonds is 3. The lowest BCUT2D eigenvalue weighted by atomic mass is 9.95. The van der Waals surface area contributed by atoms with Gasteiger partial charge in [0.2, 0.25) is 0 Å². The molecule has 3 aliphatic rings. The van der Waals surface area contributed by atoms with Gasteiger partial charge in [-0.3, -0.25) is 10.1 Å². The summed E-state index contributed by atoms with van der Waals surface area (Å²) in [5.41, 5.74) is 5.71. The van der Waals surface area contributed by atoms with Crippen LogP contribution in [0.4, 0.5) is 5.82 Å². The fourth-order valence-corrected chi connectivity index (χ4v) is 3.78. The third-order valence-electron chi connectivity index (χ3n) is 5.10. The molecule has 4 rings (SSSR count). The fourth-order valence-electron chi connectivity index (χ4n) is 3.78. The summed E-state index contributed by atoms with van der Waals surface area (Å²) in [6.07, 6.45) is 5.45. The molecule has 2 saturated heterocycles. The van der Waals surface area contributed by atoms with Gasteiger partial charge in [-0.2, -0.15) is 0 Å². The number of nitrogens with zero attached hydrogens (tertiary/aromatic N) is 3. The molecule has 1 amide bonds. The first-order valence-electron chi connectivity index (χ1n) is 9.17. The Hall–Kier alpha value is -2.12. The van der Waals surface area contributed by atoms with E-state index in [0.717, 1.165) is 35.7 Å². The Balaban J connectivity index is 1.65. The minimum absolute atomic E-state index is 0.0267. The number of pyridine rings is 1. The van der Waals surface area contributed by atoms with Crippen molar-refractivity contribution in [3.05, 3.63) is 29.5 Å². The average Bonchev–Trinajstić information content (AvgIpc) is 3.11. The Morgan fingerprint density at radius 1 is 1.20 bits per heavy atom. The van der Waals surface area contributed by atoms with Crippen LogP contribution in [-0.2, 0) is 4.79 Å². The van der Waals surface area contributed by atoms with Gasteiger partial charge in [0.25, 0.3) is 5.91 Å². The van der Waals surface area contributed by atoms with Gasteiger partial charge in [-0.15, -0.1) is 0 Å². The average molecular weight is 342 g/mol. The normalized spacial score (nSPS) is 24.0. The van der Waals surface area contributed by atoms with Crippen LogP contribution in [0.3, 0.4) is 0 Å². The minimum Gasteiger partial charge on any atom is -0.357 e. The first-order chi connectivity index (χ1) is 12.1. The van der Waals surface area contributed by atoms with E-state index in [4.69, 9.17) is 0 Å². The lowest BCUT2D eigenvalue weighted by Gasteiger charge is -2.34. The van der Waals surface area contributed by atoms with E-state index in [1.807, 2.05) is 20.0 Å². The van der Waals surface area contributed by atoms with Crippen molar-refractivity contribution >= 4 is 17.4 Å².